The highest BCUT2D eigenvalue weighted by atomic mass is 15.3. The van der Waals surface area contributed by atoms with E-state index in [0.717, 1.165) is 32.0 Å². The molecule has 1 aromatic rings. The van der Waals surface area contributed by atoms with Crippen molar-refractivity contribution in [2.75, 3.05) is 38.1 Å². The van der Waals surface area contributed by atoms with Crippen molar-refractivity contribution in [1.82, 2.24) is 14.9 Å². The van der Waals surface area contributed by atoms with E-state index in [2.05, 4.69) is 33.1 Å². The van der Waals surface area contributed by atoms with Gasteiger partial charge in [0.15, 0.2) is 6.33 Å². The summed E-state index contributed by atoms with van der Waals surface area (Å²) >= 11 is 0. The summed E-state index contributed by atoms with van der Waals surface area (Å²) in [6.45, 7) is 4.29. The van der Waals surface area contributed by atoms with Gasteiger partial charge in [-0.2, -0.15) is 0 Å². The lowest BCUT2D eigenvalue weighted by Crippen LogP contribution is -2.44. The second-order valence-corrected chi connectivity index (χ2v) is 3.31. The third kappa shape index (κ3) is 1.95. The highest BCUT2D eigenvalue weighted by Gasteiger charge is 2.14. The Kier molecular flexibility index (Phi) is 2.40. The molecule has 69 valence electrons. The molecule has 1 aromatic heterocycles. The Hall–Kier alpha value is -1.16. The second-order valence-electron chi connectivity index (χ2n) is 3.31. The van der Waals surface area contributed by atoms with Gasteiger partial charge < -0.3 is 9.80 Å². The minimum absolute atomic E-state index is 0.989. The number of nitrogens with zero attached hydrogens (tertiary/aromatic N) is 4. The number of aromatic nitrogens is 2. The van der Waals surface area contributed by atoms with Crippen LogP contribution >= 0.6 is 0 Å². The molecule has 1 aliphatic heterocycles. The summed E-state index contributed by atoms with van der Waals surface area (Å²) in [7, 11) is 2.14. The normalized spacial score (nSPS) is 19.0. The van der Waals surface area contributed by atoms with Crippen LogP contribution in [0, 0.1) is 6.33 Å². The van der Waals surface area contributed by atoms with E-state index < -0.39 is 0 Å². The molecule has 0 unspecified atom stereocenters. The Labute approximate surface area is 78.2 Å². The van der Waals surface area contributed by atoms with Crippen LogP contribution in [0.15, 0.2) is 12.3 Å². The Balaban J connectivity index is 2.03. The zero-order valence-electron chi connectivity index (χ0n) is 7.77. The zero-order valence-corrected chi connectivity index (χ0v) is 7.77. The first kappa shape index (κ1) is 8.44. The lowest BCUT2D eigenvalue weighted by Gasteiger charge is -2.32. The molecule has 4 nitrogen and oxygen atoms in total. The summed E-state index contributed by atoms with van der Waals surface area (Å²) in [6, 6.07) is 1.93. The van der Waals surface area contributed by atoms with Gasteiger partial charge in [0.1, 0.15) is 5.82 Å². The van der Waals surface area contributed by atoms with E-state index in [1.807, 2.05) is 6.07 Å². The van der Waals surface area contributed by atoms with Crippen molar-refractivity contribution in [3.63, 3.8) is 0 Å². The third-order valence-corrected chi connectivity index (χ3v) is 2.35. The van der Waals surface area contributed by atoms with E-state index in [-0.39, 0.29) is 0 Å². The number of hydrogen-bond donors (Lipinski definition) is 0. The number of rotatable bonds is 1. The van der Waals surface area contributed by atoms with Gasteiger partial charge in [-0.05, 0) is 13.1 Å². The maximum Gasteiger partial charge on any atom is 0.199 e. The largest absolute Gasteiger partial charge is 0.354 e. The molecular weight excluding hydrogens is 164 g/mol. The highest BCUT2D eigenvalue weighted by Crippen LogP contribution is 2.10. The van der Waals surface area contributed by atoms with Gasteiger partial charge in [0.05, 0.1) is 0 Å². The molecule has 4 heteroatoms. The Morgan fingerprint density at radius 3 is 2.69 bits per heavy atom. The van der Waals surface area contributed by atoms with E-state index >= 15 is 0 Å². The monoisotopic (exact) mass is 177 g/mol. The molecule has 1 saturated heterocycles. The first-order valence-electron chi connectivity index (χ1n) is 4.49. The van der Waals surface area contributed by atoms with Gasteiger partial charge >= 0.3 is 0 Å². The quantitative estimate of drug-likeness (QED) is 0.605. The van der Waals surface area contributed by atoms with Crippen molar-refractivity contribution in [2.24, 2.45) is 0 Å². The molecule has 0 spiro atoms. The van der Waals surface area contributed by atoms with E-state index in [1.165, 1.54) is 0 Å². The number of likely N-dealkylation sites (N-methyl/N-ethyl adjacent to an activating group) is 1. The first-order chi connectivity index (χ1) is 6.36. The molecule has 0 amide bonds. The van der Waals surface area contributed by atoms with E-state index in [4.69, 9.17) is 0 Å². The van der Waals surface area contributed by atoms with Crippen LogP contribution in [-0.2, 0) is 0 Å². The minimum atomic E-state index is 0.989. The SMILES string of the molecule is CN1CCN(c2ccn[c]n2)CC1. The van der Waals surface area contributed by atoms with Gasteiger partial charge in [-0.3, -0.25) is 0 Å². The van der Waals surface area contributed by atoms with Gasteiger partial charge in [0, 0.05) is 32.4 Å². The molecule has 1 aliphatic rings. The van der Waals surface area contributed by atoms with Crippen LogP contribution in [0.3, 0.4) is 0 Å². The molecular formula is C9H13N4. The molecule has 0 aromatic carbocycles. The highest BCUT2D eigenvalue weighted by molar-refractivity contribution is 5.36. The summed E-state index contributed by atoms with van der Waals surface area (Å²) < 4.78 is 0. The summed E-state index contributed by atoms with van der Waals surface area (Å²) in [5.74, 6) is 0.989. The lowest BCUT2D eigenvalue weighted by molar-refractivity contribution is 0.312. The summed E-state index contributed by atoms with van der Waals surface area (Å²) in [5, 5.41) is 0. The van der Waals surface area contributed by atoms with Crippen molar-refractivity contribution < 1.29 is 0 Å². The average Bonchev–Trinajstić information content (AvgIpc) is 2.20. The Bertz CT molecular complexity index is 254. The van der Waals surface area contributed by atoms with Crippen LogP contribution in [0.2, 0.25) is 0 Å². The number of anilines is 1. The van der Waals surface area contributed by atoms with Crippen LogP contribution in [0.1, 0.15) is 0 Å². The van der Waals surface area contributed by atoms with Crippen molar-refractivity contribution >= 4 is 5.82 Å². The smallest absolute Gasteiger partial charge is 0.199 e. The summed E-state index contributed by atoms with van der Waals surface area (Å²) in [5.41, 5.74) is 0. The van der Waals surface area contributed by atoms with Gasteiger partial charge in [-0.1, -0.05) is 0 Å². The van der Waals surface area contributed by atoms with Crippen LogP contribution in [0.5, 0.6) is 0 Å². The average molecular weight is 177 g/mol. The van der Waals surface area contributed by atoms with Gasteiger partial charge in [0.25, 0.3) is 0 Å². The molecule has 1 fully saturated rings. The van der Waals surface area contributed by atoms with E-state index in [1.54, 1.807) is 6.20 Å². The lowest BCUT2D eigenvalue weighted by atomic mass is 10.3. The molecule has 0 atom stereocenters. The van der Waals surface area contributed by atoms with Crippen molar-refractivity contribution in [2.45, 2.75) is 0 Å². The molecule has 2 heterocycles. The minimum Gasteiger partial charge on any atom is -0.354 e. The zero-order chi connectivity index (χ0) is 9.10. The van der Waals surface area contributed by atoms with Crippen molar-refractivity contribution in [3.8, 4) is 0 Å². The molecule has 13 heavy (non-hydrogen) atoms. The third-order valence-electron chi connectivity index (χ3n) is 2.35. The van der Waals surface area contributed by atoms with Gasteiger partial charge in [-0.25, -0.2) is 9.97 Å². The van der Waals surface area contributed by atoms with E-state index in [0.29, 0.717) is 0 Å². The van der Waals surface area contributed by atoms with Crippen LogP contribution in [0.4, 0.5) is 5.82 Å². The van der Waals surface area contributed by atoms with Gasteiger partial charge in [0.2, 0.25) is 0 Å². The first-order valence-corrected chi connectivity index (χ1v) is 4.49. The maximum absolute atomic E-state index is 4.10. The second kappa shape index (κ2) is 3.70. The molecule has 0 saturated carbocycles. The summed E-state index contributed by atoms with van der Waals surface area (Å²) in [6.07, 6.45) is 4.35. The number of hydrogen-bond acceptors (Lipinski definition) is 4. The van der Waals surface area contributed by atoms with Crippen molar-refractivity contribution in [1.29, 1.82) is 0 Å². The van der Waals surface area contributed by atoms with Gasteiger partial charge in [-0.15, -0.1) is 0 Å². The Morgan fingerprint density at radius 2 is 2.08 bits per heavy atom. The molecule has 0 N–H and O–H groups in total. The van der Waals surface area contributed by atoms with Crippen LogP contribution in [0.25, 0.3) is 0 Å². The predicted molar refractivity (Wildman–Crippen MR) is 50.6 cm³/mol. The molecule has 2 rings (SSSR count). The summed E-state index contributed by atoms with van der Waals surface area (Å²) in [4.78, 5) is 12.5. The predicted octanol–water partition coefficient (Wildman–Crippen LogP) is 0.0286. The fraction of sp³-hybridized carbons (Fsp3) is 0.556. The van der Waals surface area contributed by atoms with Crippen LogP contribution < -0.4 is 4.90 Å². The Morgan fingerprint density at radius 1 is 1.31 bits per heavy atom. The molecule has 1 radical (unpaired) electrons. The molecule has 0 aliphatic carbocycles. The van der Waals surface area contributed by atoms with E-state index in [9.17, 15) is 0 Å². The van der Waals surface area contributed by atoms with Crippen molar-refractivity contribution in [3.05, 3.63) is 18.6 Å². The molecule has 0 bridgehead atoms. The fourth-order valence-electron chi connectivity index (χ4n) is 1.47. The standard InChI is InChI=1S/C9H13N4/c1-12-4-6-13(7-5-12)9-2-3-10-8-11-9/h2-3H,4-7H2,1H3. The number of piperazine rings is 1. The topological polar surface area (TPSA) is 32.3 Å². The fourth-order valence-corrected chi connectivity index (χ4v) is 1.47. The van der Waals surface area contributed by atoms with Crippen LogP contribution in [-0.4, -0.2) is 48.1 Å². The maximum atomic E-state index is 4.10.